The Labute approximate surface area is 327 Å². The van der Waals surface area contributed by atoms with Crippen molar-refractivity contribution < 1.29 is 4.42 Å². The molecule has 57 heavy (non-hydrogen) atoms. The van der Waals surface area contributed by atoms with E-state index in [0.29, 0.717) is 5.82 Å². The zero-order valence-corrected chi connectivity index (χ0v) is 30.7. The van der Waals surface area contributed by atoms with E-state index < -0.39 is 0 Å². The number of hydrogen-bond donors (Lipinski definition) is 0. The van der Waals surface area contributed by atoms with Crippen LogP contribution in [0, 0.1) is 0 Å². The molecule has 0 aliphatic heterocycles. The summed E-state index contributed by atoms with van der Waals surface area (Å²) < 4.78 is 11.0. The van der Waals surface area contributed by atoms with Crippen LogP contribution in [0.1, 0.15) is 0 Å². The molecular formula is C52H32N4O. The maximum absolute atomic E-state index is 6.32. The summed E-state index contributed by atoms with van der Waals surface area (Å²) in [4.78, 5) is 10.3. The van der Waals surface area contributed by atoms with Crippen LogP contribution in [-0.2, 0) is 0 Å². The third-order valence-electron chi connectivity index (χ3n) is 11.3. The summed E-state index contributed by atoms with van der Waals surface area (Å²) in [5, 5.41) is 7.03. The van der Waals surface area contributed by atoms with E-state index >= 15 is 0 Å². The van der Waals surface area contributed by atoms with E-state index in [2.05, 4.69) is 167 Å². The molecule has 0 bridgehead atoms. The molecular weight excluding hydrogens is 697 g/mol. The quantitative estimate of drug-likeness (QED) is 0.177. The molecule has 4 aromatic heterocycles. The van der Waals surface area contributed by atoms with Crippen molar-refractivity contribution in [1.82, 2.24) is 19.1 Å². The predicted molar refractivity (Wildman–Crippen MR) is 234 cm³/mol. The predicted octanol–water partition coefficient (Wildman–Crippen LogP) is 13.6. The molecule has 0 saturated carbocycles. The minimum atomic E-state index is 0.694. The molecule has 5 nitrogen and oxygen atoms in total. The number of rotatable bonds is 5. The maximum Gasteiger partial charge on any atom is 0.162 e. The summed E-state index contributed by atoms with van der Waals surface area (Å²) in [6.45, 7) is 0. The van der Waals surface area contributed by atoms with Crippen molar-refractivity contribution in [3.05, 3.63) is 194 Å². The second kappa shape index (κ2) is 12.4. The van der Waals surface area contributed by atoms with Crippen LogP contribution in [0.3, 0.4) is 0 Å². The molecule has 4 heterocycles. The Balaban J connectivity index is 1.02. The van der Waals surface area contributed by atoms with Gasteiger partial charge in [0.05, 0.1) is 27.8 Å². The van der Waals surface area contributed by atoms with E-state index in [1.807, 2.05) is 36.4 Å². The Morgan fingerprint density at radius 1 is 0.333 bits per heavy atom. The van der Waals surface area contributed by atoms with Gasteiger partial charge in [-0.3, -0.25) is 4.57 Å². The van der Waals surface area contributed by atoms with Crippen molar-refractivity contribution in [2.45, 2.75) is 0 Å². The highest BCUT2D eigenvalue weighted by atomic mass is 16.3. The first-order chi connectivity index (χ1) is 28.2. The van der Waals surface area contributed by atoms with Gasteiger partial charge in [-0.15, -0.1) is 0 Å². The molecule has 12 aromatic rings. The Morgan fingerprint density at radius 2 is 0.877 bits per heavy atom. The summed E-state index contributed by atoms with van der Waals surface area (Å²) in [5.74, 6) is 1.52. The zero-order valence-electron chi connectivity index (χ0n) is 30.7. The fraction of sp³-hybridized carbons (Fsp3) is 0. The second-order valence-corrected chi connectivity index (χ2v) is 14.6. The highest BCUT2D eigenvalue weighted by molar-refractivity contribution is 6.13. The summed E-state index contributed by atoms with van der Waals surface area (Å²) in [6, 6.07) is 68.5. The molecule has 5 heteroatoms. The van der Waals surface area contributed by atoms with Crippen LogP contribution in [0.15, 0.2) is 199 Å². The lowest BCUT2D eigenvalue weighted by molar-refractivity contribution is 0.668. The third-order valence-corrected chi connectivity index (χ3v) is 11.3. The van der Waals surface area contributed by atoms with Crippen LogP contribution < -0.4 is 0 Å². The maximum atomic E-state index is 6.32. The first kappa shape index (κ1) is 31.6. The fourth-order valence-corrected chi connectivity index (χ4v) is 8.71. The van der Waals surface area contributed by atoms with Crippen LogP contribution >= 0.6 is 0 Å². The van der Waals surface area contributed by atoms with Crippen LogP contribution in [0.25, 0.3) is 111 Å². The van der Waals surface area contributed by atoms with Crippen molar-refractivity contribution in [1.29, 1.82) is 0 Å². The van der Waals surface area contributed by atoms with E-state index in [1.54, 1.807) is 0 Å². The first-order valence-electron chi connectivity index (χ1n) is 19.2. The third kappa shape index (κ3) is 4.96. The van der Waals surface area contributed by atoms with Crippen LogP contribution in [0.5, 0.6) is 0 Å². The summed E-state index contributed by atoms with van der Waals surface area (Å²) in [6.07, 6.45) is 0. The van der Waals surface area contributed by atoms with E-state index in [9.17, 15) is 0 Å². The lowest BCUT2D eigenvalue weighted by Gasteiger charge is -2.12. The number of para-hydroxylation sites is 3. The topological polar surface area (TPSA) is 48.8 Å². The van der Waals surface area contributed by atoms with E-state index in [1.165, 1.54) is 21.5 Å². The van der Waals surface area contributed by atoms with Crippen molar-refractivity contribution >= 4 is 65.6 Å². The number of benzene rings is 8. The van der Waals surface area contributed by atoms with Gasteiger partial charge in [0.1, 0.15) is 17.0 Å². The molecule has 0 amide bonds. The minimum Gasteiger partial charge on any atom is -0.456 e. The number of fused-ring (bicyclic) bond motifs is 9. The SMILES string of the molecule is c1ccc(-c2cc(-n3c4ccccc4c4cc(-c5ccc6c(c5)c5ccccc5n6-c5ccc6c(c5)oc5ccccc56)ccc43)nc(-c3ccccc3)n2)cc1. The molecule has 0 unspecified atom stereocenters. The smallest absolute Gasteiger partial charge is 0.162 e. The Kier molecular flexibility index (Phi) is 6.86. The largest absolute Gasteiger partial charge is 0.456 e. The van der Waals surface area contributed by atoms with Gasteiger partial charge in [-0.1, -0.05) is 127 Å². The molecule has 0 aliphatic carbocycles. The molecule has 0 radical (unpaired) electrons. The van der Waals surface area contributed by atoms with Gasteiger partial charge in [-0.25, -0.2) is 9.97 Å². The zero-order chi connectivity index (χ0) is 37.5. The van der Waals surface area contributed by atoms with Gasteiger partial charge >= 0.3 is 0 Å². The van der Waals surface area contributed by atoms with E-state index in [0.717, 1.165) is 83.5 Å². The Bertz CT molecular complexity index is 3460. The van der Waals surface area contributed by atoms with Crippen LogP contribution in [-0.4, -0.2) is 19.1 Å². The van der Waals surface area contributed by atoms with Gasteiger partial charge in [0.25, 0.3) is 0 Å². The lowest BCUT2D eigenvalue weighted by atomic mass is 10.0. The molecule has 0 fully saturated rings. The monoisotopic (exact) mass is 728 g/mol. The van der Waals surface area contributed by atoms with Gasteiger partial charge in [0.15, 0.2) is 5.82 Å². The number of nitrogens with zero attached hydrogens (tertiary/aromatic N) is 4. The average molecular weight is 729 g/mol. The average Bonchev–Trinajstić information content (AvgIpc) is 3.93. The molecule has 0 atom stereocenters. The van der Waals surface area contributed by atoms with Gasteiger partial charge in [-0.05, 0) is 65.7 Å². The molecule has 12 rings (SSSR count). The molecule has 8 aromatic carbocycles. The second-order valence-electron chi connectivity index (χ2n) is 14.6. The Hall–Kier alpha value is -7.76. The minimum absolute atomic E-state index is 0.694. The highest BCUT2D eigenvalue weighted by Gasteiger charge is 2.19. The summed E-state index contributed by atoms with van der Waals surface area (Å²) >= 11 is 0. The Morgan fingerprint density at radius 3 is 1.58 bits per heavy atom. The van der Waals surface area contributed by atoms with Crippen molar-refractivity contribution in [2.75, 3.05) is 0 Å². The molecule has 0 saturated heterocycles. The highest BCUT2D eigenvalue weighted by Crippen LogP contribution is 2.39. The first-order valence-corrected chi connectivity index (χ1v) is 19.2. The van der Waals surface area contributed by atoms with Gasteiger partial charge in [-0.2, -0.15) is 0 Å². The van der Waals surface area contributed by atoms with Crippen molar-refractivity contribution in [3.8, 4) is 45.3 Å². The van der Waals surface area contributed by atoms with Crippen LogP contribution in [0.4, 0.5) is 0 Å². The van der Waals surface area contributed by atoms with Crippen LogP contribution in [0.2, 0.25) is 0 Å². The van der Waals surface area contributed by atoms with E-state index in [4.69, 9.17) is 14.4 Å². The summed E-state index contributed by atoms with van der Waals surface area (Å²) in [7, 11) is 0. The molecule has 266 valence electrons. The normalized spacial score (nSPS) is 11.9. The number of hydrogen-bond acceptors (Lipinski definition) is 3. The molecule has 0 spiro atoms. The number of aromatic nitrogens is 4. The lowest BCUT2D eigenvalue weighted by Crippen LogP contribution is -2.02. The standard InChI is InChI=1S/C52H32N4O/c1-3-13-33(14-4-1)44-32-51(54-52(53-44)34-15-5-2-6-16-34)56-46-21-11-8-18-39(46)43-30-36(24-28-48(43)56)35-23-27-47-42(29-35)38-17-7-10-20-45(38)55(47)37-25-26-41-40-19-9-12-22-49(40)57-50(41)31-37/h1-32H. The van der Waals surface area contributed by atoms with Gasteiger partial charge in [0, 0.05) is 61.3 Å². The number of furan rings is 1. The van der Waals surface area contributed by atoms with E-state index in [-0.39, 0.29) is 0 Å². The van der Waals surface area contributed by atoms with Gasteiger partial charge < -0.3 is 8.98 Å². The fourth-order valence-electron chi connectivity index (χ4n) is 8.71. The molecule has 0 N–H and O–H groups in total. The summed E-state index contributed by atoms with van der Waals surface area (Å²) in [5.41, 5.74) is 12.6. The van der Waals surface area contributed by atoms with Crippen molar-refractivity contribution in [2.24, 2.45) is 0 Å². The van der Waals surface area contributed by atoms with Gasteiger partial charge in [0.2, 0.25) is 0 Å². The molecule has 0 aliphatic rings. The van der Waals surface area contributed by atoms with Crippen molar-refractivity contribution in [3.63, 3.8) is 0 Å².